The normalized spacial score (nSPS) is 25.9. The molecule has 1 fully saturated rings. The summed E-state index contributed by atoms with van der Waals surface area (Å²) in [5, 5.41) is 8.20. The summed E-state index contributed by atoms with van der Waals surface area (Å²) < 4.78 is 0. The van der Waals surface area contributed by atoms with Crippen molar-refractivity contribution in [2.75, 3.05) is 18.1 Å². The third kappa shape index (κ3) is 3.09. The average molecular weight is 276 g/mol. The van der Waals surface area contributed by atoms with E-state index in [-0.39, 0.29) is 0 Å². The molecule has 1 aliphatic heterocycles. The molecule has 2 N–H and O–H groups in total. The van der Waals surface area contributed by atoms with Crippen LogP contribution < -0.4 is 10.6 Å². The molecule has 2 nitrogen and oxygen atoms in total. The summed E-state index contributed by atoms with van der Waals surface area (Å²) in [4.78, 5) is 0. The van der Waals surface area contributed by atoms with E-state index in [1.54, 1.807) is 0 Å². The molecule has 0 atom stereocenters. The van der Waals surface area contributed by atoms with E-state index in [1.807, 2.05) is 11.8 Å². The van der Waals surface area contributed by atoms with E-state index in [0.29, 0.717) is 0 Å². The van der Waals surface area contributed by atoms with Crippen LogP contribution >= 0.6 is 11.8 Å². The van der Waals surface area contributed by atoms with Crippen molar-refractivity contribution in [2.24, 2.45) is 0 Å². The maximum absolute atomic E-state index is 3.76. The highest BCUT2D eigenvalue weighted by molar-refractivity contribution is 7.99. The van der Waals surface area contributed by atoms with Crippen LogP contribution in [0.4, 0.5) is 5.69 Å². The Balaban J connectivity index is 1.54. The van der Waals surface area contributed by atoms with Crippen LogP contribution in [0.25, 0.3) is 0 Å². The van der Waals surface area contributed by atoms with E-state index in [1.165, 1.54) is 48.9 Å². The van der Waals surface area contributed by atoms with Crippen molar-refractivity contribution in [2.45, 2.75) is 49.9 Å². The fourth-order valence-corrected chi connectivity index (χ4v) is 4.06. The lowest BCUT2D eigenvalue weighted by Gasteiger charge is -2.28. The minimum atomic E-state index is 0.723. The van der Waals surface area contributed by atoms with Gasteiger partial charge in [-0.05, 0) is 49.5 Å². The average Bonchev–Trinajstić information content (AvgIpc) is 2.94. The molecular weight excluding hydrogens is 252 g/mol. The largest absolute Gasteiger partial charge is 0.384 e. The topological polar surface area (TPSA) is 24.1 Å². The lowest BCUT2D eigenvalue weighted by molar-refractivity contribution is 0.379. The molecule has 3 heteroatoms. The maximum atomic E-state index is 3.76. The zero-order chi connectivity index (χ0) is 13.1. The van der Waals surface area contributed by atoms with Crippen molar-refractivity contribution < 1.29 is 0 Å². The van der Waals surface area contributed by atoms with Gasteiger partial charge in [0.2, 0.25) is 0 Å². The highest BCUT2D eigenvalue weighted by atomic mass is 32.2. The second kappa shape index (κ2) is 6.19. The first kappa shape index (κ1) is 13.3. The Morgan fingerprint density at radius 3 is 2.89 bits per heavy atom. The number of anilines is 1. The van der Waals surface area contributed by atoms with Crippen molar-refractivity contribution >= 4 is 17.4 Å². The number of para-hydroxylation sites is 1. The molecule has 1 heterocycles. The lowest BCUT2D eigenvalue weighted by Crippen LogP contribution is -2.33. The highest BCUT2D eigenvalue weighted by Crippen LogP contribution is 2.29. The second-order valence-corrected chi connectivity index (χ2v) is 6.86. The van der Waals surface area contributed by atoms with Crippen molar-refractivity contribution in [3.63, 3.8) is 0 Å². The van der Waals surface area contributed by atoms with Gasteiger partial charge in [0.05, 0.1) is 0 Å². The first-order valence-electron chi connectivity index (χ1n) is 7.47. The number of hydrogen-bond acceptors (Lipinski definition) is 3. The number of nitrogens with one attached hydrogen (secondary N) is 2. The van der Waals surface area contributed by atoms with Gasteiger partial charge in [0, 0.05) is 30.1 Å². The Bertz CT molecular complexity index is 425. The zero-order valence-electron chi connectivity index (χ0n) is 11.7. The van der Waals surface area contributed by atoms with Crippen molar-refractivity contribution in [1.29, 1.82) is 0 Å². The molecule has 0 radical (unpaired) electrons. The van der Waals surface area contributed by atoms with E-state index in [4.69, 9.17) is 0 Å². The standard InChI is InChI=1S/C16H24N2S/c1-19-15-7-5-14(6-8-15)18-11-13-4-2-3-12-9-10-17-16(12)13/h2-4,14-15,17-18H,5-11H2,1H3. The number of hydrogen-bond donors (Lipinski definition) is 2. The number of benzene rings is 1. The summed E-state index contributed by atoms with van der Waals surface area (Å²) in [6.07, 6.45) is 8.87. The van der Waals surface area contributed by atoms with Gasteiger partial charge >= 0.3 is 0 Å². The molecule has 0 unspecified atom stereocenters. The van der Waals surface area contributed by atoms with Crippen LogP contribution in [-0.4, -0.2) is 24.1 Å². The van der Waals surface area contributed by atoms with Gasteiger partial charge in [-0.15, -0.1) is 0 Å². The SMILES string of the molecule is CSC1CCC(NCc2cccc3c2NCC3)CC1. The Labute approximate surface area is 120 Å². The van der Waals surface area contributed by atoms with Crippen LogP contribution in [0.3, 0.4) is 0 Å². The molecule has 0 amide bonds. The van der Waals surface area contributed by atoms with Gasteiger partial charge < -0.3 is 10.6 Å². The minimum absolute atomic E-state index is 0.723. The van der Waals surface area contributed by atoms with E-state index in [9.17, 15) is 0 Å². The second-order valence-electron chi connectivity index (χ2n) is 5.72. The third-order valence-corrected chi connectivity index (χ3v) is 5.66. The summed E-state index contributed by atoms with van der Waals surface area (Å²) in [5.74, 6) is 0. The molecule has 1 aliphatic carbocycles. The summed E-state index contributed by atoms with van der Waals surface area (Å²) in [7, 11) is 0. The summed E-state index contributed by atoms with van der Waals surface area (Å²) in [5.41, 5.74) is 4.33. The predicted molar refractivity (Wildman–Crippen MR) is 85.0 cm³/mol. The molecule has 0 bridgehead atoms. The van der Waals surface area contributed by atoms with Gasteiger partial charge in [-0.25, -0.2) is 0 Å². The minimum Gasteiger partial charge on any atom is -0.384 e. The molecule has 104 valence electrons. The molecule has 3 rings (SSSR count). The molecule has 1 saturated carbocycles. The van der Waals surface area contributed by atoms with Crippen LogP contribution in [0.5, 0.6) is 0 Å². The molecule has 0 saturated heterocycles. The molecular formula is C16H24N2S. The zero-order valence-corrected chi connectivity index (χ0v) is 12.6. The van der Waals surface area contributed by atoms with Crippen molar-refractivity contribution in [3.05, 3.63) is 29.3 Å². The molecule has 1 aromatic carbocycles. The van der Waals surface area contributed by atoms with E-state index in [2.05, 4.69) is 35.1 Å². The van der Waals surface area contributed by atoms with Gasteiger partial charge in [0.1, 0.15) is 0 Å². The number of thioether (sulfide) groups is 1. The number of rotatable bonds is 4. The summed E-state index contributed by atoms with van der Waals surface area (Å²) >= 11 is 2.04. The first-order chi connectivity index (χ1) is 9.36. The molecule has 1 aromatic rings. The third-order valence-electron chi connectivity index (χ3n) is 4.52. The van der Waals surface area contributed by atoms with E-state index in [0.717, 1.165) is 24.4 Å². The Morgan fingerprint density at radius 1 is 1.26 bits per heavy atom. The number of fused-ring (bicyclic) bond motifs is 1. The molecule has 0 aromatic heterocycles. The quantitative estimate of drug-likeness (QED) is 0.881. The summed E-state index contributed by atoms with van der Waals surface area (Å²) in [6, 6.07) is 7.44. The van der Waals surface area contributed by atoms with Crippen LogP contribution in [0.15, 0.2) is 18.2 Å². The Kier molecular flexibility index (Phi) is 4.34. The van der Waals surface area contributed by atoms with E-state index < -0.39 is 0 Å². The van der Waals surface area contributed by atoms with Gasteiger partial charge in [0.25, 0.3) is 0 Å². The van der Waals surface area contributed by atoms with Gasteiger partial charge in [-0.3, -0.25) is 0 Å². The van der Waals surface area contributed by atoms with Crippen molar-refractivity contribution in [1.82, 2.24) is 5.32 Å². The highest BCUT2D eigenvalue weighted by Gasteiger charge is 2.20. The van der Waals surface area contributed by atoms with Crippen LogP contribution in [-0.2, 0) is 13.0 Å². The van der Waals surface area contributed by atoms with Gasteiger partial charge in [0.15, 0.2) is 0 Å². The molecule has 19 heavy (non-hydrogen) atoms. The Morgan fingerprint density at radius 2 is 2.11 bits per heavy atom. The smallest absolute Gasteiger partial charge is 0.0419 e. The van der Waals surface area contributed by atoms with Gasteiger partial charge in [-0.2, -0.15) is 11.8 Å². The van der Waals surface area contributed by atoms with Crippen LogP contribution in [0.2, 0.25) is 0 Å². The fourth-order valence-electron chi connectivity index (χ4n) is 3.32. The molecule has 0 spiro atoms. The summed E-state index contributed by atoms with van der Waals surface area (Å²) in [6.45, 7) is 2.12. The van der Waals surface area contributed by atoms with Crippen LogP contribution in [0, 0.1) is 0 Å². The fraction of sp³-hybridized carbons (Fsp3) is 0.625. The lowest BCUT2D eigenvalue weighted by atomic mass is 9.94. The first-order valence-corrected chi connectivity index (χ1v) is 8.76. The van der Waals surface area contributed by atoms with Crippen molar-refractivity contribution in [3.8, 4) is 0 Å². The monoisotopic (exact) mass is 276 g/mol. The molecule has 2 aliphatic rings. The van der Waals surface area contributed by atoms with Gasteiger partial charge in [-0.1, -0.05) is 18.2 Å². The van der Waals surface area contributed by atoms with E-state index >= 15 is 0 Å². The van der Waals surface area contributed by atoms with Crippen LogP contribution in [0.1, 0.15) is 36.8 Å². The Hall–Kier alpha value is -0.670. The maximum Gasteiger partial charge on any atom is 0.0419 e. The predicted octanol–water partition coefficient (Wildman–Crippen LogP) is 3.42.